The first-order valence-corrected chi connectivity index (χ1v) is 24.5. The predicted molar refractivity (Wildman–Crippen MR) is 266 cm³/mol. The van der Waals surface area contributed by atoms with Gasteiger partial charge in [0.15, 0.2) is 23.2 Å². The Bertz CT molecular complexity index is 2600. The maximum atomic E-state index is 15.0. The van der Waals surface area contributed by atoms with Crippen molar-refractivity contribution >= 4 is 35.1 Å². The van der Waals surface area contributed by atoms with Gasteiger partial charge in [-0.3, -0.25) is 28.8 Å². The quantitative estimate of drug-likeness (QED) is 0.0743. The van der Waals surface area contributed by atoms with E-state index < -0.39 is 53.2 Å². The number of amides is 3. The number of ketones is 3. The lowest BCUT2D eigenvalue weighted by atomic mass is 9.87. The number of Topliss-reactive ketones (excluding diaryl/α,β-unsaturated/α-hetero) is 3. The fourth-order valence-corrected chi connectivity index (χ4v) is 9.39. The van der Waals surface area contributed by atoms with E-state index in [1.165, 1.54) is 18.4 Å². The number of nitrogens with zero attached hydrogens (tertiary/aromatic N) is 4. The molecular formula is C54H66N8O9. The molecule has 1 aromatic heterocycles. The number of nitriles is 1. The molecule has 4 aromatic rings. The van der Waals surface area contributed by atoms with Crippen LogP contribution in [-0.2, 0) is 30.4 Å². The highest BCUT2D eigenvalue weighted by Crippen LogP contribution is 2.41. The number of aromatic nitrogens is 2. The van der Waals surface area contributed by atoms with Crippen molar-refractivity contribution in [3.63, 3.8) is 0 Å². The fraction of sp³-hybridized carbons (Fsp3) is 0.463. The highest BCUT2D eigenvalue weighted by Gasteiger charge is 2.37. The number of carbonyl (C=O) groups is 6. The van der Waals surface area contributed by atoms with Crippen molar-refractivity contribution in [1.29, 1.82) is 5.26 Å². The minimum atomic E-state index is -1.33. The van der Waals surface area contributed by atoms with Gasteiger partial charge in [0.1, 0.15) is 36.5 Å². The highest BCUT2D eigenvalue weighted by atomic mass is 16.5. The molecule has 4 atom stereocenters. The van der Waals surface area contributed by atoms with Gasteiger partial charge in [0.2, 0.25) is 17.7 Å². The maximum absolute atomic E-state index is 15.0. The minimum absolute atomic E-state index is 0.0516. The summed E-state index contributed by atoms with van der Waals surface area (Å²) in [6, 6.07) is 17.5. The topological polar surface area (TPSA) is 273 Å². The molecule has 0 saturated heterocycles. The Hall–Kier alpha value is -7.03. The van der Waals surface area contributed by atoms with E-state index >= 15 is 0 Å². The highest BCUT2D eigenvalue weighted by molar-refractivity contribution is 6.01. The van der Waals surface area contributed by atoms with E-state index in [1.807, 2.05) is 30.3 Å². The van der Waals surface area contributed by atoms with E-state index in [2.05, 4.69) is 5.32 Å². The summed E-state index contributed by atoms with van der Waals surface area (Å²) in [5.74, 6) is -3.31. The molecular weight excluding hydrogens is 905 g/mol. The number of aryl methyl sites for hydroxylation is 2. The first-order chi connectivity index (χ1) is 34.1. The Morgan fingerprint density at radius 2 is 1.49 bits per heavy atom. The Morgan fingerprint density at radius 1 is 0.859 bits per heavy atom. The van der Waals surface area contributed by atoms with Gasteiger partial charge in [-0.2, -0.15) is 5.26 Å². The molecule has 7 N–H and O–H groups in total. The average molecular weight is 971 g/mol. The Morgan fingerprint density at radius 3 is 2.11 bits per heavy atom. The molecule has 0 unspecified atom stereocenters. The summed E-state index contributed by atoms with van der Waals surface area (Å²) in [5, 5.41) is 12.1. The van der Waals surface area contributed by atoms with Crippen molar-refractivity contribution in [2.75, 3.05) is 33.4 Å². The van der Waals surface area contributed by atoms with Crippen molar-refractivity contribution in [2.45, 2.75) is 116 Å². The van der Waals surface area contributed by atoms with Gasteiger partial charge in [-0.15, -0.1) is 0 Å². The van der Waals surface area contributed by atoms with Crippen LogP contribution in [0.2, 0.25) is 0 Å². The molecule has 17 heteroatoms. The monoisotopic (exact) mass is 970 g/mol. The number of ether oxygens (including phenoxy) is 3. The SMILES string of the molecule is Cc1nc(-c2ccc(OC3CCCCC3)cc2)nc(C)c1C(=O)C[C@@H](CCC(N)=O)C(=O)N(C)[C@@H]1C(=O)C[C@@H](C)C(=O)N[C@H](C(=O)CCC#N)Cc2ccc(OCCN)c(c2)-c2cc1ccc2OCCN. The summed E-state index contributed by atoms with van der Waals surface area (Å²) in [7, 11) is 1.44. The lowest BCUT2D eigenvalue weighted by molar-refractivity contribution is -0.142. The van der Waals surface area contributed by atoms with E-state index in [0.717, 1.165) is 37.0 Å². The van der Waals surface area contributed by atoms with E-state index in [0.29, 0.717) is 51.0 Å². The number of nitrogens with two attached hydrogens (primary N) is 3. The molecule has 4 bridgehead atoms. The van der Waals surface area contributed by atoms with Gasteiger partial charge < -0.3 is 41.6 Å². The number of carbonyl (C=O) groups excluding carboxylic acids is 6. The molecule has 0 spiro atoms. The van der Waals surface area contributed by atoms with E-state index in [9.17, 15) is 34.0 Å². The molecule has 2 heterocycles. The Kier molecular flexibility index (Phi) is 18.9. The van der Waals surface area contributed by atoms with Crippen molar-refractivity contribution in [3.8, 4) is 45.8 Å². The number of nitrogens with one attached hydrogen (secondary N) is 1. The van der Waals surface area contributed by atoms with Crippen LogP contribution in [0.3, 0.4) is 0 Å². The van der Waals surface area contributed by atoms with Gasteiger partial charge in [-0.25, -0.2) is 9.97 Å². The van der Waals surface area contributed by atoms with E-state index in [4.69, 9.17) is 41.4 Å². The zero-order chi connectivity index (χ0) is 51.2. The summed E-state index contributed by atoms with van der Waals surface area (Å²) in [6.45, 7) is 5.63. The third-order valence-corrected chi connectivity index (χ3v) is 13.1. The molecule has 2 aliphatic rings. The minimum Gasteiger partial charge on any atom is -0.492 e. The molecule has 376 valence electrons. The van der Waals surface area contributed by atoms with Crippen LogP contribution in [0.25, 0.3) is 22.5 Å². The predicted octanol–water partition coefficient (Wildman–Crippen LogP) is 5.98. The third kappa shape index (κ3) is 13.9. The van der Waals surface area contributed by atoms with Crippen LogP contribution in [0, 0.1) is 37.0 Å². The Labute approximate surface area is 415 Å². The standard InChI is InChI=1S/C54H66N8O9/c1-32-27-46(65)51(37-15-20-48(70-26-24-57)42(30-37)41-28-35(12-19-47(41)69-25-23-56)29-43(61-53(32)67)44(63)11-8-22-55)62(4)54(68)38(16-21-49(58)66)31-45(64)50-33(2)59-52(60-34(50)3)36-13-17-40(18-14-36)71-39-9-6-5-7-10-39/h12-15,17-20,28,30,32,38-39,43,51H,5-11,16,21,23-27,29,31,56-57H2,1-4H3,(H2,58,66)(H,61,67)/t32-,38-,43+,51+/m1/s1. The lowest BCUT2D eigenvalue weighted by Gasteiger charge is -2.32. The first-order valence-electron chi connectivity index (χ1n) is 24.5. The van der Waals surface area contributed by atoms with Crippen LogP contribution in [0.4, 0.5) is 0 Å². The summed E-state index contributed by atoms with van der Waals surface area (Å²) < 4.78 is 18.5. The number of hydrogen-bond donors (Lipinski definition) is 4. The molecule has 6 rings (SSSR count). The summed E-state index contributed by atoms with van der Waals surface area (Å²) in [5.41, 5.74) is 21.1. The number of primary amides is 1. The van der Waals surface area contributed by atoms with Crippen molar-refractivity contribution in [2.24, 2.45) is 29.0 Å². The second-order valence-electron chi connectivity index (χ2n) is 18.5. The van der Waals surface area contributed by atoms with Gasteiger partial charge in [0, 0.05) is 80.8 Å². The van der Waals surface area contributed by atoms with Gasteiger partial charge in [0.05, 0.1) is 35.2 Å². The summed E-state index contributed by atoms with van der Waals surface area (Å²) in [6.07, 6.45) is 4.66. The van der Waals surface area contributed by atoms with Crippen molar-refractivity contribution in [3.05, 3.63) is 88.7 Å². The molecule has 71 heavy (non-hydrogen) atoms. The van der Waals surface area contributed by atoms with Gasteiger partial charge in [-0.05, 0) is 112 Å². The van der Waals surface area contributed by atoms with Crippen LogP contribution >= 0.6 is 0 Å². The molecule has 3 aromatic carbocycles. The van der Waals surface area contributed by atoms with Crippen LogP contribution in [-0.4, -0.2) is 95.4 Å². The lowest BCUT2D eigenvalue weighted by Crippen LogP contribution is -2.45. The second kappa shape index (κ2) is 25.2. The number of benzene rings is 3. The molecule has 3 amide bonds. The van der Waals surface area contributed by atoms with Gasteiger partial charge in [-0.1, -0.05) is 25.5 Å². The molecule has 1 saturated carbocycles. The van der Waals surface area contributed by atoms with E-state index in [1.54, 1.807) is 57.2 Å². The zero-order valence-corrected chi connectivity index (χ0v) is 41.2. The van der Waals surface area contributed by atoms with Crippen LogP contribution in [0.5, 0.6) is 17.2 Å². The van der Waals surface area contributed by atoms with Crippen LogP contribution < -0.4 is 36.7 Å². The summed E-state index contributed by atoms with van der Waals surface area (Å²) in [4.78, 5) is 94.6. The molecule has 1 fully saturated rings. The Balaban J connectivity index is 1.37. The van der Waals surface area contributed by atoms with Gasteiger partial charge >= 0.3 is 0 Å². The van der Waals surface area contributed by atoms with Crippen LogP contribution in [0.15, 0.2) is 60.7 Å². The van der Waals surface area contributed by atoms with E-state index in [-0.39, 0.29) is 88.7 Å². The van der Waals surface area contributed by atoms with Gasteiger partial charge in [0.25, 0.3) is 0 Å². The second-order valence-corrected chi connectivity index (χ2v) is 18.5. The number of fused-ring (bicyclic) bond motifs is 5. The smallest absolute Gasteiger partial charge is 0.226 e. The number of rotatable bonds is 20. The van der Waals surface area contributed by atoms with Crippen LogP contribution in [0.1, 0.15) is 116 Å². The zero-order valence-electron chi connectivity index (χ0n) is 41.2. The van der Waals surface area contributed by atoms with Crippen molar-refractivity contribution < 1.29 is 43.0 Å². The molecule has 0 radical (unpaired) electrons. The average Bonchev–Trinajstić information content (AvgIpc) is 3.35. The first kappa shape index (κ1) is 53.3. The molecule has 1 aliphatic carbocycles. The summed E-state index contributed by atoms with van der Waals surface area (Å²) >= 11 is 0. The maximum Gasteiger partial charge on any atom is 0.226 e. The number of hydrogen-bond acceptors (Lipinski definition) is 14. The third-order valence-electron chi connectivity index (χ3n) is 13.1. The fourth-order valence-electron chi connectivity index (χ4n) is 9.39. The normalized spacial score (nSPS) is 17.7. The molecule has 17 nitrogen and oxygen atoms in total. The molecule has 1 aliphatic heterocycles. The van der Waals surface area contributed by atoms with Crippen molar-refractivity contribution in [1.82, 2.24) is 20.2 Å². The largest absolute Gasteiger partial charge is 0.492 e. The number of likely N-dealkylation sites (N-methyl/N-ethyl adjacent to an activating group) is 1.